The highest BCUT2D eigenvalue weighted by Gasteiger charge is 2.39. The third kappa shape index (κ3) is 6.36. The maximum absolute atomic E-state index is 13.6. The van der Waals surface area contributed by atoms with Gasteiger partial charge >= 0.3 is 0 Å². The zero-order valence-corrected chi connectivity index (χ0v) is 20.3. The molecule has 0 aliphatic carbocycles. The maximum atomic E-state index is 13.6. The molecule has 0 radical (unpaired) electrons. The van der Waals surface area contributed by atoms with Gasteiger partial charge in [-0.1, -0.05) is 36.8 Å². The average Bonchev–Trinajstić information content (AvgIpc) is 3.23. The molecule has 33 heavy (non-hydrogen) atoms. The van der Waals surface area contributed by atoms with Crippen molar-refractivity contribution >= 4 is 11.8 Å². The van der Waals surface area contributed by atoms with E-state index in [1.54, 1.807) is 7.11 Å². The molecule has 0 saturated carbocycles. The number of amides is 2. The highest BCUT2D eigenvalue weighted by Crippen LogP contribution is 2.32. The van der Waals surface area contributed by atoms with Gasteiger partial charge in [0.25, 0.3) is 0 Å². The number of fused-ring (bicyclic) bond motifs is 1. The van der Waals surface area contributed by atoms with Gasteiger partial charge in [0.1, 0.15) is 0 Å². The van der Waals surface area contributed by atoms with Crippen molar-refractivity contribution in [1.29, 1.82) is 0 Å². The largest absolute Gasteiger partial charge is 0.385 e. The Morgan fingerprint density at radius 3 is 2.76 bits per heavy atom. The number of likely N-dealkylation sites (tertiary alicyclic amines) is 1. The number of hydrogen-bond donors (Lipinski definition) is 0. The van der Waals surface area contributed by atoms with Crippen molar-refractivity contribution in [3.05, 3.63) is 35.9 Å². The first kappa shape index (κ1) is 24.2. The van der Waals surface area contributed by atoms with E-state index in [1.807, 2.05) is 23.1 Å². The van der Waals surface area contributed by atoms with Gasteiger partial charge in [0.15, 0.2) is 0 Å². The van der Waals surface area contributed by atoms with Crippen LogP contribution in [0.1, 0.15) is 50.5 Å². The number of carbonyl (C=O) groups excluding carboxylic acids is 2. The summed E-state index contributed by atoms with van der Waals surface area (Å²) in [4.78, 5) is 33.0. The lowest BCUT2D eigenvalue weighted by Crippen LogP contribution is -2.52. The molecule has 0 bridgehead atoms. The van der Waals surface area contributed by atoms with Crippen molar-refractivity contribution in [2.45, 2.75) is 57.4 Å². The Morgan fingerprint density at radius 1 is 1.12 bits per heavy atom. The van der Waals surface area contributed by atoms with Crippen LogP contribution in [0.15, 0.2) is 30.3 Å². The average molecular weight is 456 g/mol. The topological polar surface area (TPSA) is 53.1 Å². The van der Waals surface area contributed by atoms with Crippen LogP contribution in [0.2, 0.25) is 0 Å². The van der Waals surface area contributed by atoms with E-state index in [1.165, 1.54) is 50.8 Å². The van der Waals surface area contributed by atoms with Crippen LogP contribution in [0, 0.1) is 11.8 Å². The van der Waals surface area contributed by atoms with Gasteiger partial charge in [0.2, 0.25) is 11.8 Å². The molecule has 182 valence electrons. The van der Waals surface area contributed by atoms with Crippen LogP contribution in [0.3, 0.4) is 0 Å². The lowest BCUT2D eigenvalue weighted by Gasteiger charge is -2.46. The number of ether oxygens (including phenoxy) is 1. The fourth-order valence-corrected chi connectivity index (χ4v) is 6.09. The fraction of sp³-hybridized carbons (Fsp3) is 0.704. The van der Waals surface area contributed by atoms with Gasteiger partial charge in [-0.05, 0) is 63.1 Å². The summed E-state index contributed by atoms with van der Waals surface area (Å²) < 4.78 is 5.27. The Morgan fingerprint density at radius 2 is 1.94 bits per heavy atom. The molecular formula is C27H41N3O3. The minimum absolute atomic E-state index is 0.122. The number of nitrogens with zero attached hydrogens (tertiary/aromatic N) is 3. The van der Waals surface area contributed by atoms with E-state index < -0.39 is 0 Å². The normalized spacial score (nSPS) is 25.8. The van der Waals surface area contributed by atoms with Crippen LogP contribution in [0.5, 0.6) is 0 Å². The molecule has 2 amide bonds. The second-order valence-corrected chi connectivity index (χ2v) is 10.1. The second-order valence-electron chi connectivity index (χ2n) is 10.1. The summed E-state index contributed by atoms with van der Waals surface area (Å²) >= 11 is 0. The van der Waals surface area contributed by atoms with Crippen LogP contribution in [-0.2, 0) is 20.7 Å². The number of benzene rings is 1. The summed E-state index contributed by atoms with van der Waals surface area (Å²) in [5.74, 6) is 0.644. The van der Waals surface area contributed by atoms with Gasteiger partial charge in [0, 0.05) is 52.4 Å². The van der Waals surface area contributed by atoms with Crippen molar-refractivity contribution in [2.24, 2.45) is 11.8 Å². The Balaban J connectivity index is 1.36. The van der Waals surface area contributed by atoms with E-state index in [-0.39, 0.29) is 17.7 Å². The second kappa shape index (κ2) is 12.0. The Bertz CT molecular complexity index is 769. The van der Waals surface area contributed by atoms with Gasteiger partial charge in [-0.15, -0.1) is 0 Å². The smallest absolute Gasteiger partial charge is 0.228 e. The third-order valence-corrected chi connectivity index (χ3v) is 7.85. The van der Waals surface area contributed by atoms with Crippen LogP contribution < -0.4 is 0 Å². The molecule has 3 aliphatic rings. The van der Waals surface area contributed by atoms with Crippen molar-refractivity contribution in [3.8, 4) is 0 Å². The van der Waals surface area contributed by atoms with Gasteiger partial charge in [0.05, 0.1) is 5.92 Å². The molecule has 1 aromatic carbocycles. The molecule has 3 saturated heterocycles. The minimum atomic E-state index is -0.207. The summed E-state index contributed by atoms with van der Waals surface area (Å²) in [6, 6.07) is 10.9. The summed E-state index contributed by atoms with van der Waals surface area (Å²) in [6.07, 6.45) is 8.37. The van der Waals surface area contributed by atoms with E-state index in [4.69, 9.17) is 4.74 Å². The first-order chi connectivity index (χ1) is 16.2. The molecule has 1 aromatic rings. The lowest BCUT2D eigenvalue weighted by atomic mass is 9.83. The number of piperidine rings is 2. The molecule has 0 N–H and O–H groups in total. The Hall–Kier alpha value is -1.92. The molecule has 0 aromatic heterocycles. The van der Waals surface area contributed by atoms with E-state index in [2.05, 4.69) is 21.9 Å². The van der Waals surface area contributed by atoms with Crippen LogP contribution in [0.4, 0.5) is 0 Å². The zero-order valence-electron chi connectivity index (χ0n) is 20.3. The Labute approximate surface area is 199 Å². The van der Waals surface area contributed by atoms with E-state index in [0.29, 0.717) is 38.1 Å². The van der Waals surface area contributed by atoms with E-state index >= 15 is 0 Å². The summed E-state index contributed by atoms with van der Waals surface area (Å²) in [5.41, 5.74) is 1.23. The van der Waals surface area contributed by atoms with Gasteiger partial charge < -0.3 is 19.4 Å². The Kier molecular flexibility index (Phi) is 8.79. The molecule has 4 rings (SSSR count). The molecule has 3 fully saturated rings. The predicted molar refractivity (Wildman–Crippen MR) is 130 cm³/mol. The zero-order chi connectivity index (χ0) is 23.0. The third-order valence-electron chi connectivity index (χ3n) is 7.85. The summed E-state index contributed by atoms with van der Waals surface area (Å²) in [5, 5.41) is 0. The first-order valence-electron chi connectivity index (χ1n) is 13.0. The van der Waals surface area contributed by atoms with Crippen LogP contribution in [-0.4, -0.2) is 85.5 Å². The van der Waals surface area contributed by atoms with E-state index in [9.17, 15) is 9.59 Å². The van der Waals surface area contributed by atoms with Crippen molar-refractivity contribution in [2.75, 3.05) is 53.0 Å². The molecule has 3 unspecified atom stereocenters. The molecule has 6 nitrogen and oxygen atoms in total. The van der Waals surface area contributed by atoms with Gasteiger partial charge in [-0.25, -0.2) is 0 Å². The lowest BCUT2D eigenvalue weighted by molar-refractivity contribution is -0.137. The molecule has 3 aliphatic heterocycles. The summed E-state index contributed by atoms with van der Waals surface area (Å²) in [6.45, 7) is 5.90. The number of methoxy groups -OCH3 is 1. The summed E-state index contributed by atoms with van der Waals surface area (Å²) in [7, 11) is 1.72. The SMILES string of the molecule is COCCCN(CC1CCCN2CCCCC12)C(=O)C1CC(=O)N(CCc2ccccc2)C1. The molecular weight excluding hydrogens is 414 g/mol. The van der Waals surface area contributed by atoms with Crippen LogP contribution in [0.25, 0.3) is 0 Å². The van der Waals surface area contributed by atoms with Gasteiger partial charge in [-0.3, -0.25) is 9.59 Å². The standard InChI is InChI=1S/C27H41N3O3/c1-33-18-8-16-30(20-23-11-7-15-28-14-6-5-12-25(23)28)27(32)24-19-26(31)29(21-24)17-13-22-9-3-2-4-10-22/h2-4,9-10,23-25H,5-8,11-21H2,1H3. The van der Waals surface area contributed by atoms with Crippen molar-refractivity contribution < 1.29 is 14.3 Å². The molecule has 0 spiro atoms. The quantitative estimate of drug-likeness (QED) is 0.509. The monoisotopic (exact) mass is 455 g/mol. The maximum Gasteiger partial charge on any atom is 0.228 e. The highest BCUT2D eigenvalue weighted by molar-refractivity contribution is 5.89. The number of hydrogen-bond acceptors (Lipinski definition) is 4. The minimum Gasteiger partial charge on any atom is -0.385 e. The van der Waals surface area contributed by atoms with Crippen molar-refractivity contribution in [1.82, 2.24) is 14.7 Å². The van der Waals surface area contributed by atoms with Gasteiger partial charge in [-0.2, -0.15) is 0 Å². The highest BCUT2D eigenvalue weighted by atomic mass is 16.5. The first-order valence-corrected chi connectivity index (χ1v) is 13.0. The number of rotatable bonds is 10. The van der Waals surface area contributed by atoms with Crippen LogP contribution >= 0.6 is 0 Å². The number of carbonyl (C=O) groups is 2. The van der Waals surface area contributed by atoms with E-state index in [0.717, 1.165) is 25.9 Å². The predicted octanol–water partition coefficient (Wildman–Crippen LogP) is 3.21. The molecule has 3 atom stereocenters. The van der Waals surface area contributed by atoms with Crippen molar-refractivity contribution in [3.63, 3.8) is 0 Å². The molecule has 6 heteroatoms. The fourth-order valence-electron chi connectivity index (χ4n) is 6.09. The molecule has 3 heterocycles.